The van der Waals surface area contributed by atoms with Gasteiger partial charge < -0.3 is 9.55 Å². The molecular weight excluding hydrogens is 334 g/mol. The number of allylic oxidation sites excluding steroid dienone is 1. The molecule has 1 fully saturated rings. The minimum Gasteiger partial charge on any atom is -0.309 e. The third kappa shape index (κ3) is 3.11. The first-order valence-corrected chi connectivity index (χ1v) is 9.31. The second-order valence-electron chi connectivity index (χ2n) is 6.29. The molecule has 1 N–H and O–H groups in total. The van der Waals surface area contributed by atoms with E-state index in [1.54, 1.807) is 6.07 Å². The Kier molecular flexibility index (Phi) is 4.17. The second kappa shape index (κ2) is 6.48. The number of aromatic nitrogens is 5. The molecule has 0 atom stereocenters. The lowest BCUT2D eigenvalue weighted by molar-refractivity contribution is 0.681. The molecule has 0 spiro atoms. The Balaban J connectivity index is 1.61. The fourth-order valence-electron chi connectivity index (χ4n) is 2.90. The predicted molar refractivity (Wildman–Crippen MR) is 98.9 cm³/mol. The number of nitrogens with zero attached hydrogens (tertiary/aromatic N) is 4. The fraction of sp³-hybridized carbons (Fsp3) is 0.333. The van der Waals surface area contributed by atoms with Crippen LogP contribution in [0.15, 0.2) is 40.8 Å². The van der Waals surface area contributed by atoms with Crippen molar-refractivity contribution in [3.63, 3.8) is 0 Å². The summed E-state index contributed by atoms with van der Waals surface area (Å²) in [4.78, 5) is 19.8. The van der Waals surface area contributed by atoms with Gasteiger partial charge in [-0.3, -0.25) is 4.79 Å². The van der Waals surface area contributed by atoms with Crippen molar-refractivity contribution in [2.45, 2.75) is 43.1 Å². The van der Waals surface area contributed by atoms with Crippen LogP contribution in [0.4, 0.5) is 0 Å². The van der Waals surface area contributed by atoms with Crippen molar-refractivity contribution in [3.05, 3.63) is 58.4 Å². The quantitative estimate of drug-likeness (QED) is 0.544. The van der Waals surface area contributed by atoms with Gasteiger partial charge in [-0.05, 0) is 31.4 Å². The molecular formula is C18H19N5OS. The molecule has 1 saturated carbocycles. The van der Waals surface area contributed by atoms with E-state index in [4.69, 9.17) is 0 Å². The van der Waals surface area contributed by atoms with Crippen LogP contribution in [0.3, 0.4) is 0 Å². The van der Waals surface area contributed by atoms with E-state index in [-0.39, 0.29) is 5.56 Å². The van der Waals surface area contributed by atoms with Crippen LogP contribution < -0.4 is 5.56 Å². The molecule has 3 aromatic rings. The van der Waals surface area contributed by atoms with Crippen LogP contribution >= 0.6 is 11.8 Å². The van der Waals surface area contributed by atoms with E-state index >= 15 is 0 Å². The van der Waals surface area contributed by atoms with Crippen molar-refractivity contribution < 1.29 is 0 Å². The zero-order valence-electron chi connectivity index (χ0n) is 14.0. The number of thioether (sulfide) groups is 1. The largest absolute Gasteiger partial charge is 0.309 e. The van der Waals surface area contributed by atoms with E-state index in [0.717, 1.165) is 22.1 Å². The Labute approximate surface area is 149 Å². The normalized spacial score (nSPS) is 14.1. The van der Waals surface area contributed by atoms with Crippen LogP contribution in [0.5, 0.6) is 0 Å². The van der Waals surface area contributed by atoms with Gasteiger partial charge in [0.05, 0.1) is 16.7 Å². The van der Waals surface area contributed by atoms with Gasteiger partial charge in [0.25, 0.3) is 5.56 Å². The Morgan fingerprint density at radius 2 is 2.24 bits per heavy atom. The number of aromatic amines is 1. The summed E-state index contributed by atoms with van der Waals surface area (Å²) in [6.07, 6.45) is 4.22. The molecule has 0 unspecified atom stereocenters. The first-order chi connectivity index (χ1) is 12.2. The number of nitrogens with one attached hydrogen (secondary N) is 1. The maximum atomic E-state index is 12.3. The number of fused-ring (bicyclic) bond motifs is 1. The molecule has 4 rings (SSSR count). The third-order valence-electron chi connectivity index (χ3n) is 4.32. The summed E-state index contributed by atoms with van der Waals surface area (Å²) < 4.78 is 2.11. The predicted octanol–water partition coefficient (Wildman–Crippen LogP) is 3.18. The van der Waals surface area contributed by atoms with E-state index in [9.17, 15) is 4.79 Å². The molecule has 2 heterocycles. The van der Waals surface area contributed by atoms with Gasteiger partial charge in [0, 0.05) is 12.5 Å². The van der Waals surface area contributed by atoms with Gasteiger partial charge in [-0.15, -0.1) is 16.8 Å². The number of aryl methyl sites for hydroxylation is 1. The molecule has 1 aliphatic rings. The molecule has 2 aromatic heterocycles. The topological polar surface area (TPSA) is 76.5 Å². The van der Waals surface area contributed by atoms with Crippen LogP contribution in [-0.2, 0) is 12.3 Å². The van der Waals surface area contributed by atoms with Gasteiger partial charge in [0.1, 0.15) is 11.6 Å². The third-order valence-corrected chi connectivity index (χ3v) is 5.30. The highest BCUT2D eigenvalue weighted by Gasteiger charge is 2.30. The number of hydrogen-bond acceptors (Lipinski definition) is 5. The summed E-state index contributed by atoms with van der Waals surface area (Å²) in [5, 5.41) is 10.1. The second-order valence-corrected chi connectivity index (χ2v) is 7.23. The minimum atomic E-state index is -0.101. The van der Waals surface area contributed by atoms with Crippen molar-refractivity contribution in [1.82, 2.24) is 24.7 Å². The zero-order chi connectivity index (χ0) is 17.4. The van der Waals surface area contributed by atoms with Gasteiger partial charge in [-0.2, -0.15) is 0 Å². The monoisotopic (exact) mass is 353 g/mol. The highest BCUT2D eigenvalue weighted by molar-refractivity contribution is 7.98. The maximum Gasteiger partial charge on any atom is 0.258 e. The Hall–Kier alpha value is -2.41. The summed E-state index contributed by atoms with van der Waals surface area (Å²) >= 11 is 1.54. The van der Waals surface area contributed by atoms with Crippen molar-refractivity contribution in [2.24, 2.45) is 0 Å². The standard InChI is InChI=1S/C18H19N5OS/c1-3-9-23-16(12-7-8-12)21-22-18(23)25-10-14-19-15-11(2)5-4-6-13(15)17(24)20-14/h3-6,12H,1,7-10H2,2H3,(H,19,20,24). The van der Waals surface area contributed by atoms with Crippen molar-refractivity contribution in [2.75, 3.05) is 0 Å². The molecule has 7 heteroatoms. The van der Waals surface area contributed by atoms with Crippen molar-refractivity contribution >= 4 is 22.7 Å². The van der Waals surface area contributed by atoms with Gasteiger partial charge in [-0.1, -0.05) is 30.0 Å². The smallest absolute Gasteiger partial charge is 0.258 e. The molecule has 1 aromatic carbocycles. The average Bonchev–Trinajstić information content (AvgIpc) is 3.37. The summed E-state index contributed by atoms with van der Waals surface area (Å²) in [6.45, 7) is 6.49. The molecule has 1 aliphatic carbocycles. The molecule has 25 heavy (non-hydrogen) atoms. The van der Waals surface area contributed by atoms with Crippen LogP contribution in [0.1, 0.15) is 36.0 Å². The number of benzene rings is 1. The van der Waals surface area contributed by atoms with Crippen molar-refractivity contribution in [1.29, 1.82) is 0 Å². The molecule has 0 radical (unpaired) electrons. The van der Waals surface area contributed by atoms with Crippen LogP contribution in [0.25, 0.3) is 10.9 Å². The van der Waals surface area contributed by atoms with E-state index in [0.29, 0.717) is 29.4 Å². The first kappa shape index (κ1) is 16.1. The molecule has 0 bridgehead atoms. The molecule has 0 aliphatic heterocycles. The number of H-pyrrole nitrogens is 1. The maximum absolute atomic E-state index is 12.3. The first-order valence-electron chi connectivity index (χ1n) is 8.32. The van der Waals surface area contributed by atoms with Crippen LogP contribution in [-0.4, -0.2) is 24.7 Å². The number of hydrogen-bond donors (Lipinski definition) is 1. The highest BCUT2D eigenvalue weighted by Crippen LogP contribution is 2.40. The fourth-order valence-corrected chi connectivity index (χ4v) is 3.73. The van der Waals surface area contributed by atoms with Gasteiger partial charge in [0.2, 0.25) is 0 Å². The highest BCUT2D eigenvalue weighted by atomic mass is 32.2. The minimum absolute atomic E-state index is 0.101. The molecule has 128 valence electrons. The summed E-state index contributed by atoms with van der Waals surface area (Å²) in [6, 6.07) is 5.64. The van der Waals surface area contributed by atoms with E-state index in [1.165, 1.54) is 24.6 Å². The summed E-state index contributed by atoms with van der Waals surface area (Å²) in [5.41, 5.74) is 1.66. The zero-order valence-corrected chi connectivity index (χ0v) is 14.8. The Bertz CT molecular complexity index is 1000. The lowest BCUT2D eigenvalue weighted by atomic mass is 10.1. The van der Waals surface area contributed by atoms with Gasteiger partial charge in [0.15, 0.2) is 5.16 Å². The molecule has 0 saturated heterocycles. The number of para-hydroxylation sites is 1. The van der Waals surface area contributed by atoms with Gasteiger partial charge >= 0.3 is 0 Å². The number of rotatable bonds is 6. The SMILES string of the molecule is C=CCn1c(SCc2nc3c(C)cccc3c(=O)[nH]2)nnc1C1CC1. The van der Waals surface area contributed by atoms with Crippen molar-refractivity contribution in [3.8, 4) is 0 Å². The van der Waals surface area contributed by atoms with Gasteiger partial charge in [-0.25, -0.2) is 4.98 Å². The van der Waals surface area contributed by atoms with Crippen LogP contribution in [0, 0.1) is 6.92 Å². The Morgan fingerprint density at radius 3 is 3.00 bits per heavy atom. The van der Waals surface area contributed by atoms with E-state index in [1.807, 2.05) is 25.1 Å². The molecule has 0 amide bonds. The average molecular weight is 353 g/mol. The lowest BCUT2D eigenvalue weighted by Gasteiger charge is -2.07. The Morgan fingerprint density at radius 1 is 1.40 bits per heavy atom. The molecule has 6 nitrogen and oxygen atoms in total. The lowest BCUT2D eigenvalue weighted by Crippen LogP contribution is -2.12. The van der Waals surface area contributed by atoms with Crippen LogP contribution in [0.2, 0.25) is 0 Å². The summed E-state index contributed by atoms with van der Waals surface area (Å²) in [5.74, 6) is 2.76. The summed E-state index contributed by atoms with van der Waals surface area (Å²) in [7, 11) is 0. The van der Waals surface area contributed by atoms with E-state index in [2.05, 4.69) is 31.3 Å². The van der Waals surface area contributed by atoms with E-state index < -0.39 is 0 Å².